The molecule has 0 saturated heterocycles. The predicted molar refractivity (Wildman–Crippen MR) is 58.8 cm³/mol. The highest BCUT2D eigenvalue weighted by atomic mass is 32.2. The van der Waals surface area contributed by atoms with E-state index in [1.54, 1.807) is 12.1 Å². The third kappa shape index (κ3) is 1.79. The molecule has 76 valence electrons. The van der Waals surface area contributed by atoms with Crippen LogP contribution in [0, 0.1) is 12.7 Å². The quantitative estimate of drug-likeness (QED) is 0.714. The molecule has 2 rings (SSSR count). The normalized spacial score (nSPS) is 21.5. The van der Waals surface area contributed by atoms with E-state index in [1.807, 2.05) is 18.7 Å². The van der Waals surface area contributed by atoms with Crippen molar-refractivity contribution < 1.29 is 4.39 Å². The Morgan fingerprint density at radius 3 is 3.07 bits per heavy atom. The molecule has 0 spiro atoms. The van der Waals surface area contributed by atoms with Gasteiger partial charge in [-0.2, -0.15) is 11.8 Å². The molecule has 0 fully saturated rings. The highest BCUT2D eigenvalue weighted by Gasteiger charge is 2.17. The minimum absolute atomic E-state index is 0.00870. The summed E-state index contributed by atoms with van der Waals surface area (Å²) in [6, 6.07) is 3.20. The molecule has 0 saturated carbocycles. The standard InChI is InChI=1S/C11H14FNS/c1-7-4-8(12)5-9-10(7)6-14-3-2-11(9)13/h4-5,11H,2-3,6,13H2,1H3/t11-/m1/s1. The predicted octanol–water partition coefficient (Wildman–Crippen LogP) is 2.77. The lowest BCUT2D eigenvalue weighted by atomic mass is 9.96. The van der Waals surface area contributed by atoms with Gasteiger partial charge in [-0.15, -0.1) is 0 Å². The SMILES string of the molecule is Cc1cc(F)cc2c1CSCC[C@H]2N. The van der Waals surface area contributed by atoms with Crippen molar-refractivity contribution in [2.24, 2.45) is 5.73 Å². The van der Waals surface area contributed by atoms with Crippen LogP contribution in [0.25, 0.3) is 0 Å². The number of hydrogen-bond donors (Lipinski definition) is 1. The van der Waals surface area contributed by atoms with Crippen LogP contribution in [0.5, 0.6) is 0 Å². The van der Waals surface area contributed by atoms with E-state index in [4.69, 9.17) is 5.73 Å². The van der Waals surface area contributed by atoms with Crippen LogP contribution >= 0.6 is 11.8 Å². The third-order valence-corrected chi connectivity index (χ3v) is 3.71. The van der Waals surface area contributed by atoms with Crippen LogP contribution in [0.15, 0.2) is 12.1 Å². The summed E-state index contributed by atoms with van der Waals surface area (Å²) in [5.74, 6) is 1.87. The van der Waals surface area contributed by atoms with Crippen LogP contribution in [-0.2, 0) is 5.75 Å². The minimum Gasteiger partial charge on any atom is -0.324 e. The summed E-state index contributed by atoms with van der Waals surface area (Å²) in [6.07, 6.45) is 0.945. The van der Waals surface area contributed by atoms with Crippen molar-refractivity contribution in [1.82, 2.24) is 0 Å². The average molecular weight is 211 g/mol. The topological polar surface area (TPSA) is 26.0 Å². The number of rotatable bonds is 0. The second kappa shape index (κ2) is 3.91. The Morgan fingerprint density at radius 1 is 1.50 bits per heavy atom. The minimum atomic E-state index is -0.163. The Morgan fingerprint density at radius 2 is 2.29 bits per heavy atom. The van der Waals surface area contributed by atoms with Crippen LogP contribution < -0.4 is 5.73 Å². The van der Waals surface area contributed by atoms with Crippen molar-refractivity contribution in [2.75, 3.05) is 5.75 Å². The second-order valence-electron chi connectivity index (χ2n) is 3.74. The molecule has 0 bridgehead atoms. The van der Waals surface area contributed by atoms with Gasteiger partial charge in [0.1, 0.15) is 5.82 Å². The fraction of sp³-hybridized carbons (Fsp3) is 0.455. The molecular formula is C11H14FNS. The number of thioether (sulfide) groups is 1. The van der Waals surface area contributed by atoms with E-state index in [2.05, 4.69) is 0 Å². The van der Waals surface area contributed by atoms with Gasteiger partial charge in [0.15, 0.2) is 0 Å². The lowest BCUT2D eigenvalue weighted by molar-refractivity contribution is 0.614. The van der Waals surface area contributed by atoms with Gasteiger partial charge in [-0.3, -0.25) is 0 Å². The monoisotopic (exact) mass is 211 g/mol. The van der Waals surface area contributed by atoms with Gasteiger partial charge in [0.25, 0.3) is 0 Å². The zero-order valence-electron chi connectivity index (χ0n) is 8.22. The molecule has 1 atom stereocenters. The zero-order valence-corrected chi connectivity index (χ0v) is 9.03. The molecule has 0 radical (unpaired) electrons. The van der Waals surface area contributed by atoms with E-state index < -0.39 is 0 Å². The van der Waals surface area contributed by atoms with E-state index >= 15 is 0 Å². The maximum Gasteiger partial charge on any atom is 0.123 e. The average Bonchev–Trinajstić information content (AvgIpc) is 2.29. The van der Waals surface area contributed by atoms with Gasteiger partial charge in [-0.1, -0.05) is 0 Å². The van der Waals surface area contributed by atoms with Crippen LogP contribution in [0.3, 0.4) is 0 Å². The Hall–Kier alpha value is -0.540. The summed E-state index contributed by atoms with van der Waals surface area (Å²) in [7, 11) is 0. The first-order chi connectivity index (χ1) is 6.68. The summed E-state index contributed by atoms with van der Waals surface area (Å²) >= 11 is 1.88. The highest BCUT2D eigenvalue weighted by Crippen LogP contribution is 2.31. The number of halogens is 1. The summed E-state index contributed by atoms with van der Waals surface area (Å²) in [5, 5.41) is 0. The first kappa shape index (κ1) is 9.99. The molecule has 1 nitrogen and oxygen atoms in total. The number of fused-ring (bicyclic) bond motifs is 1. The second-order valence-corrected chi connectivity index (χ2v) is 4.84. The number of nitrogens with two attached hydrogens (primary N) is 1. The fourth-order valence-corrected chi connectivity index (χ4v) is 3.03. The van der Waals surface area contributed by atoms with Crippen LogP contribution in [0.1, 0.15) is 29.2 Å². The lowest BCUT2D eigenvalue weighted by Gasteiger charge is -2.14. The molecule has 1 aromatic carbocycles. The summed E-state index contributed by atoms with van der Waals surface area (Å²) in [6.45, 7) is 1.96. The van der Waals surface area contributed by atoms with Gasteiger partial charge in [0.05, 0.1) is 0 Å². The Balaban J connectivity index is 2.53. The Labute approximate surface area is 87.9 Å². The van der Waals surface area contributed by atoms with E-state index in [1.165, 1.54) is 5.56 Å². The van der Waals surface area contributed by atoms with Crippen LogP contribution in [0.4, 0.5) is 4.39 Å². The van der Waals surface area contributed by atoms with Gasteiger partial charge in [0, 0.05) is 11.8 Å². The summed E-state index contributed by atoms with van der Waals surface area (Å²) < 4.78 is 13.2. The lowest BCUT2D eigenvalue weighted by Crippen LogP contribution is -2.12. The molecule has 2 N–H and O–H groups in total. The molecule has 1 aromatic rings. The Bertz CT molecular complexity index is 351. The summed E-state index contributed by atoms with van der Waals surface area (Å²) in [5.41, 5.74) is 9.28. The van der Waals surface area contributed by atoms with Gasteiger partial charge in [0.2, 0.25) is 0 Å². The highest BCUT2D eigenvalue weighted by molar-refractivity contribution is 7.98. The molecular weight excluding hydrogens is 197 g/mol. The molecule has 14 heavy (non-hydrogen) atoms. The third-order valence-electron chi connectivity index (χ3n) is 2.69. The molecule has 1 heterocycles. The molecule has 0 amide bonds. The maximum absolute atomic E-state index is 13.2. The molecule has 1 aliphatic rings. The van der Waals surface area contributed by atoms with Crippen molar-refractivity contribution in [2.45, 2.75) is 25.1 Å². The number of benzene rings is 1. The first-order valence-electron chi connectivity index (χ1n) is 4.80. The Kier molecular flexibility index (Phi) is 2.79. The molecule has 0 aromatic heterocycles. The largest absolute Gasteiger partial charge is 0.324 e. The summed E-state index contributed by atoms with van der Waals surface area (Å²) in [4.78, 5) is 0. The van der Waals surface area contributed by atoms with Crippen molar-refractivity contribution in [3.63, 3.8) is 0 Å². The van der Waals surface area contributed by atoms with Gasteiger partial charge >= 0.3 is 0 Å². The van der Waals surface area contributed by atoms with Crippen molar-refractivity contribution in [1.29, 1.82) is 0 Å². The molecule has 0 aliphatic carbocycles. The number of aryl methyl sites for hydroxylation is 1. The zero-order chi connectivity index (χ0) is 10.1. The fourth-order valence-electron chi connectivity index (χ4n) is 1.87. The van der Waals surface area contributed by atoms with Crippen molar-refractivity contribution in [3.8, 4) is 0 Å². The van der Waals surface area contributed by atoms with E-state index in [-0.39, 0.29) is 11.9 Å². The van der Waals surface area contributed by atoms with Crippen LogP contribution in [-0.4, -0.2) is 5.75 Å². The van der Waals surface area contributed by atoms with E-state index in [9.17, 15) is 4.39 Å². The van der Waals surface area contributed by atoms with E-state index in [0.29, 0.717) is 0 Å². The van der Waals surface area contributed by atoms with E-state index in [0.717, 1.165) is 29.1 Å². The number of hydrogen-bond acceptors (Lipinski definition) is 2. The molecule has 0 unspecified atom stereocenters. The van der Waals surface area contributed by atoms with Gasteiger partial charge in [-0.25, -0.2) is 4.39 Å². The molecule has 1 aliphatic heterocycles. The van der Waals surface area contributed by atoms with Gasteiger partial charge in [-0.05, 0) is 47.9 Å². The smallest absolute Gasteiger partial charge is 0.123 e. The maximum atomic E-state index is 13.2. The van der Waals surface area contributed by atoms with Crippen LogP contribution in [0.2, 0.25) is 0 Å². The molecule has 3 heteroatoms. The first-order valence-corrected chi connectivity index (χ1v) is 5.96. The van der Waals surface area contributed by atoms with Crippen molar-refractivity contribution in [3.05, 3.63) is 34.6 Å². The van der Waals surface area contributed by atoms with Gasteiger partial charge < -0.3 is 5.73 Å². The van der Waals surface area contributed by atoms with Crippen molar-refractivity contribution >= 4 is 11.8 Å².